The molecule has 0 spiro atoms. The van der Waals surface area contributed by atoms with Gasteiger partial charge in [0.25, 0.3) is 0 Å². The first-order chi connectivity index (χ1) is 12.3. The molecule has 148 valence electrons. The Kier molecular flexibility index (Phi) is 10.3. The Balaban J connectivity index is 0.00000364. The Labute approximate surface area is 173 Å². The van der Waals surface area contributed by atoms with Crippen LogP contribution in [0.5, 0.6) is 0 Å². The van der Waals surface area contributed by atoms with Crippen molar-refractivity contribution in [2.45, 2.75) is 51.2 Å². The third kappa shape index (κ3) is 8.52. The zero-order valence-corrected chi connectivity index (χ0v) is 16.2. The molecule has 0 radical (unpaired) electrons. The van der Waals surface area contributed by atoms with Gasteiger partial charge < -0.3 is 20.4 Å². The minimum atomic E-state index is -3.34. The summed E-state index contributed by atoms with van der Waals surface area (Å²) in [6.07, 6.45) is 4.78. The van der Waals surface area contributed by atoms with E-state index in [-0.39, 0.29) is 43.2 Å². The van der Waals surface area contributed by atoms with Crippen LogP contribution in [0, 0.1) is 5.92 Å². The Bertz CT molecular complexity index is 651. The van der Waals surface area contributed by atoms with Crippen LogP contribution in [-0.2, 0) is 4.57 Å². The molecule has 0 amide bonds. The van der Waals surface area contributed by atoms with Gasteiger partial charge in [-0.25, -0.2) is 4.79 Å². The van der Waals surface area contributed by atoms with Crippen LogP contribution in [0.15, 0.2) is 24.3 Å². The normalized spacial score (nSPS) is 19.5. The number of aliphatic hydroxyl groups is 1. The minimum absolute atomic E-state index is 0. The number of nitrogens with one attached hydrogen (secondary N) is 1. The van der Waals surface area contributed by atoms with Gasteiger partial charge in [0.2, 0.25) is 7.37 Å². The Morgan fingerprint density at radius 3 is 2.59 bits per heavy atom. The molecule has 1 aromatic rings. The molecule has 0 aliphatic heterocycles. The Morgan fingerprint density at radius 1 is 1.30 bits per heavy atom. The quantitative estimate of drug-likeness (QED) is 0.381. The first-order valence-corrected chi connectivity index (χ1v) is 11.4. The summed E-state index contributed by atoms with van der Waals surface area (Å²) in [5.41, 5.74) is 1.01. The van der Waals surface area contributed by atoms with Gasteiger partial charge >= 0.3 is 24.8 Å². The van der Waals surface area contributed by atoms with E-state index in [9.17, 15) is 19.4 Å². The van der Waals surface area contributed by atoms with Crippen molar-refractivity contribution in [1.82, 2.24) is 5.32 Å². The van der Waals surface area contributed by atoms with Crippen LogP contribution in [-0.4, -0.2) is 64.9 Å². The number of aliphatic hydroxyl groups excluding tert-OH is 1. The molecule has 0 aromatic heterocycles. The fourth-order valence-electron chi connectivity index (χ4n) is 3.61. The molecule has 8 heteroatoms. The summed E-state index contributed by atoms with van der Waals surface area (Å²) < 4.78 is 12.4. The second kappa shape index (κ2) is 11.4. The molecule has 0 saturated heterocycles. The molecule has 6 nitrogen and oxygen atoms in total. The van der Waals surface area contributed by atoms with Gasteiger partial charge in [-0.2, -0.15) is 0 Å². The van der Waals surface area contributed by atoms with E-state index < -0.39 is 19.4 Å². The van der Waals surface area contributed by atoms with Crippen LogP contribution >= 0.6 is 7.37 Å². The second-order valence-corrected chi connectivity index (χ2v) is 9.85. The average molecular weight is 391 g/mol. The molecule has 1 aliphatic carbocycles. The zero-order valence-electron chi connectivity index (χ0n) is 15.3. The van der Waals surface area contributed by atoms with Crippen molar-refractivity contribution in [3.8, 4) is 0 Å². The number of hydrogen-bond donors (Lipinski definition) is 4. The van der Waals surface area contributed by atoms with E-state index in [1.807, 2.05) is 13.0 Å². The number of carbonyl (C=O) groups is 1. The van der Waals surface area contributed by atoms with Crippen LogP contribution in [0.1, 0.15) is 61.0 Å². The molecule has 4 N–H and O–H groups in total. The molecule has 0 heterocycles. The van der Waals surface area contributed by atoms with Crippen molar-refractivity contribution in [2.75, 3.05) is 18.9 Å². The molecule has 2 unspecified atom stereocenters. The summed E-state index contributed by atoms with van der Waals surface area (Å²) in [5, 5.41) is 22.3. The van der Waals surface area contributed by atoms with Gasteiger partial charge in [-0.1, -0.05) is 31.4 Å². The predicted octanol–water partition coefficient (Wildman–Crippen LogP) is 2.60. The van der Waals surface area contributed by atoms with Gasteiger partial charge in [0, 0.05) is 18.7 Å². The van der Waals surface area contributed by atoms with Crippen molar-refractivity contribution >= 4 is 32.2 Å². The first kappa shape index (κ1) is 24.4. The van der Waals surface area contributed by atoms with Gasteiger partial charge in [0.15, 0.2) is 0 Å². The van der Waals surface area contributed by atoms with Crippen LogP contribution in [0.4, 0.5) is 0 Å². The molecule has 0 bridgehead atoms. The van der Waals surface area contributed by atoms with E-state index in [1.165, 1.54) is 12.5 Å². The molecule has 1 saturated carbocycles. The molecule has 27 heavy (non-hydrogen) atoms. The van der Waals surface area contributed by atoms with E-state index in [0.29, 0.717) is 12.1 Å². The summed E-state index contributed by atoms with van der Waals surface area (Å²) in [4.78, 5) is 21.3. The monoisotopic (exact) mass is 391 g/mol. The van der Waals surface area contributed by atoms with Gasteiger partial charge in [-0.05, 0) is 43.4 Å². The summed E-state index contributed by atoms with van der Waals surface area (Å²) in [5.74, 6) is -0.680. The number of carboxylic acids is 1. The first-order valence-electron chi connectivity index (χ1n) is 9.32. The van der Waals surface area contributed by atoms with E-state index in [2.05, 4.69) is 5.32 Å². The van der Waals surface area contributed by atoms with Gasteiger partial charge in [-0.3, -0.25) is 4.57 Å². The van der Waals surface area contributed by atoms with Crippen molar-refractivity contribution in [1.29, 1.82) is 0 Å². The van der Waals surface area contributed by atoms with Crippen LogP contribution in [0.3, 0.4) is 0 Å². The maximum absolute atomic E-state index is 12.4. The van der Waals surface area contributed by atoms with Gasteiger partial charge in [0.1, 0.15) is 0 Å². The number of rotatable bonds is 9. The predicted molar refractivity (Wildman–Crippen MR) is 109 cm³/mol. The van der Waals surface area contributed by atoms with Crippen molar-refractivity contribution in [2.24, 2.45) is 5.92 Å². The molecule has 1 fully saturated rings. The summed E-state index contributed by atoms with van der Waals surface area (Å²) in [7, 11) is -3.34. The fourth-order valence-corrected chi connectivity index (χ4v) is 5.72. The molecule has 2 rings (SSSR count). The molecular formula is C19H31LiNO5P. The zero-order chi connectivity index (χ0) is 19.2. The number of carboxylic acid groups (broad SMARTS) is 1. The molecular weight excluding hydrogens is 360 g/mol. The summed E-state index contributed by atoms with van der Waals surface area (Å²) in [6.45, 7) is 2.06. The Hall–Kier alpha value is -0.603. The summed E-state index contributed by atoms with van der Waals surface area (Å²) >= 11 is 0. The standard InChI is InChI=1S/C19H30NO5P.Li.H/c1-14(16-8-5-9-17(10-16)19(22)23)20-11-18(21)13-26(24,25)12-15-6-3-2-4-7-15;;/h5,8-10,14-15,18,20-21H,2-4,6-7,11-13H2,1H3,(H,22,23)(H,24,25);;/t14?,18-;;/m1../s1. The third-order valence-electron chi connectivity index (χ3n) is 5.06. The third-order valence-corrected chi connectivity index (χ3v) is 7.14. The van der Waals surface area contributed by atoms with E-state index in [4.69, 9.17) is 5.11 Å². The maximum atomic E-state index is 12.4. The number of hydrogen-bond acceptors (Lipinski definition) is 4. The second-order valence-electron chi connectivity index (χ2n) is 7.43. The number of aromatic carboxylic acids is 1. The number of benzene rings is 1. The van der Waals surface area contributed by atoms with Crippen molar-refractivity contribution < 1.29 is 24.5 Å². The summed E-state index contributed by atoms with van der Waals surface area (Å²) in [6, 6.07) is 6.45. The van der Waals surface area contributed by atoms with E-state index in [1.54, 1.807) is 12.1 Å². The molecule has 3 atom stereocenters. The van der Waals surface area contributed by atoms with Crippen molar-refractivity contribution in [3.05, 3.63) is 35.4 Å². The van der Waals surface area contributed by atoms with Gasteiger partial charge in [-0.15, -0.1) is 0 Å². The van der Waals surface area contributed by atoms with Crippen LogP contribution < -0.4 is 5.32 Å². The van der Waals surface area contributed by atoms with Crippen LogP contribution in [0.25, 0.3) is 0 Å². The SMILES string of the molecule is CC(NC[C@@H](O)CP(=O)(O)CC1CCCCC1)c1cccc(C(=O)O)c1.[LiH]. The average Bonchev–Trinajstić information content (AvgIpc) is 2.59. The van der Waals surface area contributed by atoms with E-state index >= 15 is 0 Å². The fraction of sp³-hybridized carbons (Fsp3) is 0.632. The molecule has 1 aliphatic rings. The Morgan fingerprint density at radius 2 is 1.96 bits per heavy atom. The van der Waals surface area contributed by atoms with Crippen LogP contribution in [0.2, 0.25) is 0 Å². The topological polar surface area (TPSA) is 107 Å². The van der Waals surface area contributed by atoms with E-state index in [0.717, 1.165) is 31.2 Å². The van der Waals surface area contributed by atoms with Gasteiger partial charge in [0.05, 0.1) is 17.8 Å². The van der Waals surface area contributed by atoms with Crippen molar-refractivity contribution in [3.63, 3.8) is 0 Å². The molecule has 1 aromatic carbocycles.